The number of halogens is 1. The maximum Gasteiger partial charge on any atom is 0.200 e. The summed E-state index contributed by atoms with van der Waals surface area (Å²) < 4.78 is 6.00. The molecule has 5 nitrogen and oxygen atoms in total. The van der Waals surface area contributed by atoms with E-state index in [1.165, 1.54) is 19.3 Å². The molecule has 1 saturated carbocycles. The number of aromatic hydroxyl groups is 1. The van der Waals surface area contributed by atoms with Crippen LogP contribution in [0.4, 0.5) is 11.7 Å². The Balaban J connectivity index is 0.00000196. The minimum Gasteiger partial charge on any atom is -0.504 e. The average Bonchev–Trinajstić information content (AvgIpc) is 3.18. The standard InChI is InChI=1S/C20H23N3O2.ClH/c1-2-15-18(24)17(25-20(15)23-14-7-4-3-5-8-14)11-13-12-22-19-16(13)9-6-10-21-19;/h6,9-12,14,23-24H,2-5,7-8H2,1H3;1H. The van der Waals surface area contributed by atoms with Crippen LogP contribution in [0, 0.1) is 0 Å². The van der Waals surface area contributed by atoms with Crippen molar-refractivity contribution in [2.75, 3.05) is 5.32 Å². The fraction of sp³-hybridized carbons (Fsp3) is 0.400. The molecule has 0 saturated heterocycles. The third kappa shape index (κ3) is 3.49. The van der Waals surface area contributed by atoms with Gasteiger partial charge in [0.25, 0.3) is 0 Å². The summed E-state index contributed by atoms with van der Waals surface area (Å²) in [4.78, 5) is 8.55. The molecule has 0 bridgehead atoms. The smallest absolute Gasteiger partial charge is 0.200 e. The van der Waals surface area contributed by atoms with E-state index in [1.807, 2.05) is 25.1 Å². The lowest BCUT2D eigenvalue weighted by Gasteiger charge is -2.22. The van der Waals surface area contributed by atoms with E-state index in [0.29, 0.717) is 23.5 Å². The Morgan fingerprint density at radius 2 is 2.12 bits per heavy atom. The number of hydrogen-bond acceptors (Lipinski definition) is 5. The van der Waals surface area contributed by atoms with Gasteiger partial charge in [-0.3, -0.25) is 0 Å². The topological polar surface area (TPSA) is 70.7 Å². The zero-order valence-electron chi connectivity index (χ0n) is 14.9. The van der Waals surface area contributed by atoms with Gasteiger partial charge in [0.15, 0.2) is 17.3 Å². The fourth-order valence-corrected chi connectivity index (χ4v) is 3.63. The van der Waals surface area contributed by atoms with Gasteiger partial charge < -0.3 is 14.8 Å². The summed E-state index contributed by atoms with van der Waals surface area (Å²) in [6, 6.07) is 4.29. The Morgan fingerprint density at radius 1 is 1.31 bits per heavy atom. The van der Waals surface area contributed by atoms with Crippen molar-refractivity contribution in [3.05, 3.63) is 35.2 Å². The van der Waals surface area contributed by atoms with Crippen LogP contribution in [0.2, 0.25) is 0 Å². The second kappa shape index (κ2) is 7.96. The third-order valence-electron chi connectivity index (χ3n) is 5.01. The molecule has 0 unspecified atom stereocenters. The van der Waals surface area contributed by atoms with Crippen molar-refractivity contribution < 1.29 is 9.52 Å². The highest BCUT2D eigenvalue weighted by Crippen LogP contribution is 2.39. The van der Waals surface area contributed by atoms with Gasteiger partial charge in [-0.25, -0.2) is 9.98 Å². The van der Waals surface area contributed by atoms with Crippen molar-refractivity contribution in [1.29, 1.82) is 0 Å². The van der Waals surface area contributed by atoms with E-state index < -0.39 is 0 Å². The molecule has 0 amide bonds. The number of nitrogens with one attached hydrogen (secondary N) is 1. The van der Waals surface area contributed by atoms with E-state index >= 15 is 0 Å². The van der Waals surface area contributed by atoms with E-state index in [0.717, 1.165) is 36.0 Å². The molecule has 2 aromatic heterocycles. The van der Waals surface area contributed by atoms with Crippen molar-refractivity contribution in [1.82, 2.24) is 4.98 Å². The molecule has 2 aliphatic rings. The molecule has 138 valence electrons. The lowest BCUT2D eigenvalue weighted by Crippen LogP contribution is -2.22. The van der Waals surface area contributed by atoms with E-state index in [1.54, 1.807) is 12.4 Å². The molecule has 4 rings (SSSR count). The highest BCUT2D eigenvalue weighted by Gasteiger charge is 2.22. The minimum absolute atomic E-state index is 0. The van der Waals surface area contributed by atoms with Crippen LogP contribution in [0.25, 0.3) is 11.6 Å². The zero-order valence-corrected chi connectivity index (χ0v) is 15.7. The number of aliphatic imine (C=N–C) groups is 1. The lowest BCUT2D eigenvalue weighted by atomic mass is 9.95. The van der Waals surface area contributed by atoms with Crippen molar-refractivity contribution in [3.8, 4) is 5.75 Å². The first kappa shape index (κ1) is 18.5. The molecule has 0 spiro atoms. The SMILES string of the molecule is CCc1c(NC2CCCCC2)oc(C=C2C=Nc3ncccc32)c1O.Cl. The number of aromatic nitrogens is 1. The Hall–Kier alpha value is -2.27. The molecule has 1 aliphatic heterocycles. The first-order valence-corrected chi connectivity index (χ1v) is 9.08. The predicted molar refractivity (Wildman–Crippen MR) is 108 cm³/mol. The van der Waals surface area contributed by atoms with Crippen molar-refractivity contribution in [2.45, 2.75) is 51.5 Å². The summed E-state index contributed by atoms with van der Waals surface area (Å²) in [6.45, 7) is 2.03. The van der Waals surface area contributed by atoms with E-state index in [4.69, 9.17) is 4.42 Å². The average molecular weight is 374 g/mol. The summed E-state index contributed by atoms with van der Waals surface area (Å²) in [5.41, 5.74) is 2.70. The number of furan rings is 1. The van der Waals surface area contributed by atoms with Crippen LogP contribution in [-0.4, -0.2) is 22.3 Å². The summed E-state index contributed by atoms with van der Waals surface area (Å²) in [5, 5.41) is 14.1. The number of nitrogens with zero attached hydrogens (tertiary/aromatic N) is 2. The van der Waals surface area contributed by atoms with Gasteiger partial charge in [0.2, 0.25) is 5.88 Å². The first-order chi connectivity index (χ1) is 12.3. The molecule has 2 N–H and O–H groups in total. The molecule has 3 heterocycles. The number of hydrogen-bond donors (Lipinski definition) is 2. The van der Waals surface area contributed by atoms with E-state index in [-0.39, 0.29) is 18.2 Å². The molecule has 26 heavy (non-hydrogen) atoms. The largest absolute Gasteiger partial charge is 0.504 e. The number of allylic oxidation sites excluding steroid dienone is 1. The number of fused-ring (bicyclic) bond motifs is 1. The van der Waals surface area contributed by atoms with Gasteiger partial charge in [-0.2, -0.15) is 0 Å². The Bertz CT molecular complexity index is 836. The lowest BCUT2D eigenvalue weighted by molar-refractivity contribution is 0.442. The van der Waals surface area contributed by atoms with Gasteiger partial charge in [0.1, 0.15) is 0 Å². The highest BCUT2D eigenvalue weighted by molar-refractivity contribution is 6.20. The van der Waals surface area contributed by atoms with Crippen LogP contribution < -0.4 is 5.32 Å². The molecule has 0 atom stereocenters. The quantitative estimate of drug-likeness (QED) is 0.756. The zero-order chi connectivity index (χ0) is 17.2. The fourth-order valence-electron chi connectivity index (χ4n) is 3.63. The van der Waals surface area contributed by atoms with E-state index in [2.05, 4.69) is 15.3 Å². The predicted octanol–water partition coefficient (Wildman–Crippen LogP) is 5.37. The highest BCUT2D eigenvalue weighted by atomic mass is 35.5. The maximum atomic E-state index is 10.6. The Morgan fingerprint density at radius 3 is 2.88 bits per heavy atom. The molecule has 0 aromatic carbocycles. The molecular weight excluding hydrogens is 350 g/mol. The molecule has 1 aliphatic carbocycles. The van der Waals surface area contributed by atoms with Gasteiger partial charge >= 0.3 is 0 Å². The number of pyridine rings is 1. The van der Waals surface area contributed by atoms with Gasteiger partial charge in [-0.1, -0.05) is 26.2 Å². The Kier molecular flexibility index (Phi) is 5.67. The van der Waals surface area contributed by atoms with Crippen molar-refractivity contribution in [3.63, 3.8) is 0 Å². The van der Waals surface area contributed by atoms with Crippen molar-refractivity contribution >= 4 is 42.0 Å². The normalized spacial score (nSPS) is 18.0. The Labute approximate surface area is 159 Å². The monoisotopic (exact) mass is 373 g/mol. The van der Waals surface area contributed by atoms with Gasteiger partial charge in [-0.15, -0.1) is 12.4 Å². The van der Waals surface area contributed by atoms with Crippen LogP contribution in [0.15, 0.2) is 27.7 Å². The van der Waals surface area contributed by atoms with Crippen molar-refractivity contribution in [2.24, 2.45) is 4.99 Å². The number of anilines is 1. The van der Waals surface area contributed by atoms with Crippen LogP contribution in [-0.2, 0) is 6.42 Å². The minimum atomic E-state index is 0. The maximum absolute atomic E-state index is 10.6. The third-order valence-corrected chi connectivity index (χ3v) is 5.01. The van der Waals surface area contributed by atoms with Gasteiger partial charge in [0.05, 0.1) is 5.56 Å². The molecular formula is C20H24ClN3O2. The second-order valence-corrected chi connectivity index (χ2v) is 6.69. The van der Waals surface area contributed by atoms with E-state index in [9.17, 15) is 5.11 Å². The molecule has 2 aromatic rings. The van der Waals surface area contributed by atoms with Crippen LogP contribution in [0.1, 0.15) is 55.9 Å². The molecule has 0 radical (unpaired) electrons. The summed E-state index contributed by atoms with van der Waals surface area (Å²) in [7, 11) is 0. The van der Waals surface area contributed by atoms with Gasteiger partial charge in [-0.05, 0) is 37.5 Å². The van der Waals surface area contributed by atoms with Crippen LogP contribution in [0.5, 0.6) is 5.75 Å². The molecule has 6 heteroatoms. The first-order valence-electron chi connectivity index (χ1n) is 9.08. The molecule has 1 fully saturated rings. The summed E-state index contributed by atoms with van der Waals surface area (Å²) in [5.74, 6) is 2.11. The number of rotatable bonds is 4. The van der Waals surface area contributed by atoms with Gasteiger partial charge in [0, 0.05) is 29.6 Å². The summed E-state index contributed by atoms with van der Waals surface area (Å²) in [6.07, 6.45) is 12.2. The summed E-state index contributed by atoms with van der Waals surface area (Å²) >= 11 is 0. The van der Waals surface area contributed by atoms with Crippen LogP contribution in [0.3, 0.4) is 0 Å². The second-order valence-electron chi connectivity index (χ2n) is 6.69. The van der Waals surface area contributed by atoms with Crippen LogP contribution >= 0.6 is 12.4 Å².